The molecule has 0 fully saturated rings. The van der Waals surface area contributed by atoms with Crippen LogP contribution < -0.4 is 0 Å². The second-order valence-electron chi connectivity index (χ2n) is 3.72. The van der Waals surface area contributed by atoms with Gasteiger partial charge in [-0.1, -0.05) is 32.6 Å². The molecule has 0 radical (unpaired) electrons. The highest BCUT2D eigenvalue weighted by atomic mass is 35.5. The van der Waals surface area contributed by atoms with Gasteiger partial charge in [0.25, 0.3) is 0 Å². The van der Waals surface area contributed by atoms with E-state index in [1.165, 1.54) is 25.7 Å². The van der Waals surface area contributed by atoms with Crippen molar-refractivity contribution in [2.45, 2.75) is 62.1 Å². The van der Waals surface area contributed by atoms with Gasteiger partial charge < -0.3 is 0 Å². The van der Waals surface area contributed by atoms with Crippen LogP contribution in [0.4, 0.5) is 0 Å². The molecule has 0 aliphatic heterocycles. The van der Waals surface area contributed by atoms with Gasteiger partial charge in [0.05, 0.1) is 0 Å². The highest BCUT2D eigenvalue weighted by Crippen LogP contribution is 2.29. The van der Waals surface area contributed by atoms with Crippen molar-refractivity contribution in [3.63, 3.8) is 0 Å². The van der Waals surface area contributed by atoms with Gasteiger partial charge in [-0.2, -0.15) is 0 Å². The van der Waals surface area contributed by atoms with Gasteiger partial charge in [0.2, 0.25) is 0 Å². The molecule has 0 amide bonds. The van der Waals surface area contributed by atoms with Crippen LogP contribution in [0.2, 0.25) is 0 Å². The number of unbranched alkanes of at least 4 members (excludes halogenated alkanes) is 3. The van der Waals surface area contributed by atoms with Crippen molar-refractivity contribution in [3.05, 3.63) is 0 Å². The van der Waals surface area contributed by atoms with Crippen LogP contribution in [0, 0.1) is 0 Å². The van der Waals surface area contributed by atoms with E-state index in [1.807, 2.05) is 0 Å². The summed E-state index contributed by atoms with van der Waals surface area (Å²) in [5.41, 5.74) is 0. The van der Waals surface area contributed by atoms with E-state index in [1.54, 1.807) is 6.92 Å². The molecule has 0 saturated carbocycles. The topological polar surface area (TPSA) is 0 Å². The summed E-state index contributed by atoms with van der Waals surface area (Å²) in [4.78, 5) is 0. The maximum absolute atomic E-state index is 6.08. The molecule has 1 atom stereocenters. The Bertz CT molecular complexity index is 118. The molecule has 0 aromatic rings. The zero-order chi connectivity index (χ0) is 10.3. The Kier molecular flexibility index (Phi) is 7.68. The molecule has 0 bridgehead atoms. The highest BCUT2D eigenvalue weighted by Gasteiger charge is 2.20. The Labute approximate surface area is 96.9 Å². The SMILES string of the molecule is CCCCCCC(Cl)CC(C)(Cl)Cl. The minimum Gasteiger partial charge on any atom is -0.123 e. The molecule has 13 heavy (non-hydrogen) atoms. The largest absolute Gasteiger partial charge is 0.123 e. The number of halogens is 3. The molecule has 0 aromatic heterocycles. The van der Waals surface area contributed by atoms with Crippen LogP contribution in [-0.4, -0.2) is 9.71 Å². The molecule has 0 spiro atoms. The molecule has 0 aliphatic rings. The third-order valence-electron chi connectivity index (χ3n) is 1.95. The summed E-state index contributed by atoms with van der Waals surface area (Å²) in [6.07, 6.45) is 6.70. The first kappa shape index (κ1) is 13.9. The quantitative estimate of drug-likeness (QED) is 0.430. The van der Waals surface area contributed by atoms with Crippen molar-refractivity contribution in [1.82, 2.24) is 0 Å². The first-order valence-electron chi connectivity index (χ1n) is 4.97. The van der Waals surface area contributed by atoms with Crippen LogP contribution in [0.3, 0.4) is 0 Å². The van der Waals surface area contributed by atoms with Crippen LogP contribution in [0.1, 0.15) is 52.4 Å². The van der Waals surface area contributed by atoms with Gasteiger partial charge in [0.1, 0.15) is 4.33 Å². The lowest BCUT2D eigenvalue weighted by molar-refractivity contribution is 0.581. The minimum atomic E-state index is -0.669. The summed E-state index contributed by atoms with van der Waals surface area (Å²) in [5, 5.41) is 0.122. The van der Waals surface area contributed by atoms with Gasteiger partial charge in [-0.3, -0.25) is 0 Å². The van der Waals surface area contributed by atoms with Crippen LogP contribution in [0.15, 0.2) is 0 Å². The summed E-state index contributed by atoms with van der Waals surface area (Å²) in [6, 6.07) is 0. The van der Waals surface area contributed by atoms with E-state index in [-0.39, 0.29) is 5.38 Å². The zero-order valence-electron chi connectivity index (χ0n) is 8.45. The molecule has 3 heteroatoms. The molecular formula is C10H19Cl3. The lowest BCUT2D eigenvalue weighted by atomic mass is 10.1. The lowest BCUT2D eigenvalue weighted by Gasteiger charge is -2.17. The van der Waals surface area contributed by atoms with Crippen LogP contribution in [-0.2, 0) is 0 Å². The molecule has 0 rings (SSSR count). The third kappa shape index (κ3) is 10.8. The van der Waals surface area contributed by atoms with Crippen molar-refractivity contribution >= 4 is 34.8 Å². The maximum atomic E-state index is 6.08. The summed E-state index contributed by atoms with van der Waals surface area (Å²) < 4.78 is -0.669. The summed E-state index contributed by atoms with van der Waals surface area (Å²) in [5.74, 6) is 0. The second kappa shape index (κ2) is 7.20. The number of hydrogen-bond acceptors (Lipinski definition) is 0. The summed E-state index contributed by atoms with van der Waals surface area (Å²) in [6.45, 7) is 3.99. The predicted molar refractivity (Wildman–Crippen MR) is 63.1 cm³/mol. The van der Waals surface area contributed by atoms with E-state index in [2.05, 4.69) is 6.92 Å². The fourth-order valence-electron chi connectivity index (χ4n) is 1.28. The Balaban J connectivity index is 3.35. The zero-order valence-corrected chi connectivity index (χ0v) is 10.7. The van der Waals surface area contributed by atoms with E-state index in [0.717, 1.165) is 6.42 Å². The van der Waals surface area contributed by atoms with Gasteiger partial charge in [-0.05, 0) is 19.8 Å². The van der Waals surface area contributed by atoms with Crippen molar-refractivity contribution in [1.29, 1.82) is 0 Å². The van der Waals surface area contributed by atoms with Crippen molar-refractivity contribution in [2.75, 3.05) is 0 Å². The van der Waals surface area contributed by atoms with Gasteiger partial charge >= 0.3 is 0 Å². The van der Waals surface area contributed by atoms with Gasteiger partial charge in [0, 0.05) is 5.38 Å². The molecule has 0 nitrogen and oxygen atoms in total. The minimum absolute atomic E-state index is 0.122. The Morgan fingerprint density at radius 1 is 1.15 bits per heavy atom. The Hall–Kier alpha value is 0.870. The average Bonchev–Trinajstić information content (AvgIpc) is 1.94. The first-order chi connectivity index (χ1) is 5.95. The number of rotatable bonds is 7. The van der Waals surface area contributed by atoms with E-state index in [0.29, 0.717) is 6.42 Å². The van der Waals surface area contributed by atoms with Crippen molar-refractivity contribution in [3.8, 4) is 0 Å². The highest BCUT2D eigenvalue weighted by molar-refractivity contribution is 6.48. The van der Waals surface area contributed by atoms with Crippen LogP contribution in [0.25, 0.3) is 0 Å². The number of alkyl halides is 3. The standard InChI is InChI=1S/C10H19Cl3/c1-3-4-5-6-7-9(11)8-10(2,12)13/h9H,3-8H2,1-2H3. The Morgan fingerprint density at radius 3 is 2.23 bits per heavy atom. The molecule has 0 aliphatic carbocycles. The lowest BCUT2D eigenvalue weighted by Crippen LogP contribution is -2.14. The predicted octanol–water partition coefficient (Wildman–Crippen LogP) is 5.15. The summed E-state index contributed by atoms with van der Waals surface area (Å²) in [7, 11) is 0. The molecule has 1 unspecified atom stereocenters. The van der Waals surface area contributed by atoms with E-state index < -0.39 is 4.33 Å². The monoisotopic (exact) mass is 244 g/mol. The maximum Gasteiger partial charge on any atom is 0.117 e. The molecule has 0 saturated heterocycles. The molecule has 0 N–H and O–H groups in total. The van der Waals surface area contributed by atoms with Crippen molar-refractivity contribution < 1.29 is 0 Å². The van der Waals surface area contributed by atoms with E-state index in [9.17, 15) is 0 Å². The van der Waals surface area contributed by atoms with Crippen LogP contribution in [0.5, 0.6) is 0 Å². The van der Waals surface area contributed by atoms with Crippen molar-refractivity contribution in [2.24, 2.45) is 0 Å². The van der Waals surface area contributed by atoms with E-state index >= 15 is 0 Å². The normalized spacial score (nSPS) is 14.5. The number of hydrogen-bond donors (Lipinski definition) is 0. The second-order valence-corrected chi connectivity index (χ2v) is 6.20. The molecule has 80 valence electrons. The average molecular weight is 246 g/mol. The Morgan fingerprint density at radius 2 is 1.77 bits per heavy atom. The van der Waals surface area contributed by atoms with Gasteiger partial charge in [-0.15, -0.1) is 34.8 Å². The molecule has 0 aromatic carbocycles. The van der Waals surface area contributed by atoms with Gasteiger partial charge in [-0.25, -0.2) is 0 Å². The third-order valence-corrected chi connectivity index (χ3v) is 2.63. The summed E-state index contributed by atoms with van der Waals surface area (Å²) >= 11 is 17.8. The van der Waals surface area contributed by atoms with Crippen LogP contribution >= 0.6 is 34.8 Å². The van der Waals surface area contributed by atoms with Gasteiger partial charge in [0.15, 0.2) is 0 Å². The van der Waals surface area contributed by atoms with E-state index in [4.69, 9.17) is 34.8 Å². The fourth-order valence-corrected chi connectivity index (χ4v) is 2.28. The fraction of sp³-hybridized carbons (Fsp3) is 1.00. The smallest absolute Gasteiger partial charge is 0.117 e. The first-order valence-corrected chi connectivity index (χ1v) is 6.17. The molecule has 0 heterocycles. The molecular weight excluding hydrogens is 226 g/mol.